The molecule has 0 aliphatic carbocycles. The highest BCUT2D eigenvalue weighted by Gasteiger charge is 2.42. The molecule has 28 heavy (non-hydrogen) atoms. The highest BCUT2D eigenvalue weighted by atomic mass is 16.6. The molecule has 0 saturated carbocycles. The minimum atomic E-state index is -0.980. The summed E-state index contributed by atoms with van der Waals surface area (Å²) >= 11 is 0. The number of aromatic nitrogens is 2. The summed E-state index contributed by atoms with van der Waals surface area (Å²) in [6, 6.07) is 5.03. The van der Waals surface area contributed by atoms with Gasteiger partial charge in [-0.15, -0.1) is 0 Å². The predicted octanol–water partition coefficient (Wildman–Crippen LogP) is 2.27. The van der Waals surface area contributed by atoms with Gasteiger partial charge in [-0.05, 0) is 37.2 Å². The van der Waals surface area contributed by atoms with Crippen molar-refractivity contribution < 1.29 is 23.8 Å². The molecule has 0 unspecified atom stereocenters. The van der Waals surface area contributed by atoms with Gasteiger partial charge >= 0.3 is 5.97 Å². The van der Waals surface area contributed by atoms with Crippen LogP contribution in [0.25, 0.3) is 11.0 Å². The Hall–Kier alpha value is -3.27. The molecule has 0 bridgehead atoms. The summed E-state index contributed by atoms with van der Waals surface area (Å²) in [7, 11) is 0. The molecule has 1 atom stereocenters. The second-order valence-corrected chi connectivity index (χ2v) is 6.18. The first-order chi connectivity index (χ1) is 13.5. The molecule has 148 valence electrons. The van der Waals surface area contributed by atoms with Crippen LogP contribution in [0.4, 0.5) is 0 Å². The zero-order chi connectivity index (χ0) is 20.3. The molecule has 0 radical (unpaired) electrons. The lowest BCUT2D eigenvalue weighted by atomic mass is 9.83. The van der Waals surface area contributed by atoms with Gasteiger partial charge in [0.1, 0.15) is 23.6 Å². The monoisotopic (exact) mass is 388 g/mol. The van der Waals surface area contributed by atoms with Crippen LogP contribution in [0.2, 0.25) is 0 Å². The third-order valence-electron chi connectivity index (χ3n) is 4.44. The molecule has 1 aliphatic heterocycles. The molecule has 3 rings (SSSR count). The summed E-state index contributed by atoms with van der Waals surface area (Å²) in [5.41, 5.74) is 2.05. The maximum Gasteiger partial charge on any atom is 0.337 e. The molecule has 0 fully saturated rings. The van der Waals surface area contributed by atoms with Crippen molar-refractivity contribution >= 4 is 17.0 Å². The Labute approximate surface area is 160 Å². The van der Waals surface area contributed by atoms with E-state index in [2.05, 4.69) is 15.6 Å². The second-order valence-electron chi connectivity index (χ2n) is 6.18. The lowest BCUT2D eigenvalue weighted by molar-refractivity contribution is -0.431. The Morgan fingerprint density at radius 2 is 2.07 bits per heavy atom. The van der Waals surface area contributed by atoms with Gasteiger partial charge in [-0.25, -0.2) is 9.42 Å². The molecule has 10 heteroatoms. The van der Waals surface area contributed by atoms with Crippen molar-refractivity contribution in [3.8, 4) is 0 Å². The SMILES string of the molecule is CCOCCOC(=O)C1=C(C)NC(C)=C([N+](=O)[O-])[C@H]1c1cccc2nonc12. The molecule has 2 aromatic rings. The van der Waals surface area contributed by atoms with Crippen LogP contribution in [-0.2, 0) is 14.3 Å². The number of rotatable bonds is 7. The van der Waals surface area contributed by atoms with Crippen LogP contribution in [0.5, 0.6) is 0 Å². The van der Waals surface area contributed by atoms with Gasteiger partial charge in [0, 0.05) is 17.9 Å². The Morgan fingerprint density at radius 3 is 2.79 bits per heavy atom. The van der Waals surface area contributed by atoms with Gasteiger partial charge in [0.2, 0.25) is 0 Å². The van der Waals surface area contributed by atoms with Crippen molar-refractivity contribution in [3.05, 3.63) is 56.5 Å². The van der Waals surface area contributed by atoms with Crippen molar-refractivity contribution in [3.63, 3.8) is 0 Å². The van der Waals surface area contributed by atoms with E-state index in [0.29, 0.717) is 34.6 Å². The number of nitro groups is 1. The fraction of sp³-hybridized carbons (Fsp3) is 0.389. The topological polar surface area (TPSA) is 130 Å². The minimum Gasteiger partial charge on any atom is -0.460 e. The highest BCUT2D eigenvalue weighted by molar-refractivity contribution is 5.94. The molecule has 0 saturated heterocycles. The van der Waals surface area contributed by atoms with Crippen molar-refractivity contribution in [1.29, 1.82) is 0 Å². The van der Waals surface area contributed by atoms with E-state index in [0.717, 1.165) is 0 Å². The zero-order valence-electron chi connectivity index (χ0n) is 15.7. The molecule has 10 nitrogen and oxygen atoms in total. The van der Waals surface area contributed by atoms with Gasteiger partial charge < -0.3 is 14.8 Å². The van der Waals surface area contributed by atoms with E-state index in [1.807, 2.05) is 6.92 Å². The van der Waals surface area contributed by atoms with Gasteiger partial charge in [-0.2, -0.15) is 0 Å². The smallest absolute Gasteiger partial charge is 0.337 e. The van der Waals surface area contributed by atoms with E-state index in [-0.39, 0.29) is 24.5 Å². The molecule has 0 spiro atoms. The molecule has 1 N–H and O–H groups in total. The van der Waals surface area contributed by atoms with Crippen LogP contribution in [0.15, 0.2) is 45.5 Å². The number of hydrogen-bond acceptors (Lipinski definition) is 9. The van der Waals surface area contributed by atoms with E-state index in [1.54, 1.807) is 32.0 Å². The third-order valence-corrected chi connectivity index (χ3v) is 4.44. The van der Waals surface area contributed by atoms with Gasteiger partial charge in [0.15, 0.2) is 0 Å². The van der Waals surface area contributed by atoms with E-state index < -0.39 is 16.8 Å². The molecule has 0 amide bonds. The normalized spacial score (nSPS) is 17.0. The molecular weight excluding hydrogens is 368 g/mol. The third kappa shape index (κ3) is 3.58. The van der Waals surface area contributed by atoms with Gasteiger partial charge in [0.05, 0.1) is 22.8 Å². The summed E-state index contributed by atoms with van der Waals surface area (Å²) in [6.07, 6.45) is 0. The zero-order valence-corrected chi connectivity index (χ0v) is 15.7. The average molecular weight is 388 g/mol. The van der Waals surface area contributed by atoms with Crippen LogP contribution in [0.3, 0.4) is 0 Å². The van der Waals surface area contributed by atoms with Crippen LogP contribution < -0.4 is 5.32 Å². The van der Waals surface area contributed by atoms with Gasteiger partial charge in [-0.1, -0.05) is 12.1 Å². The van der Waals surface area contributed by atoms with Crippen LogP contribution in [0.1, 0.15) is 32.3 Å². The second kappa shape index (κ2) is 8.17. The summed E-state index contributed by atoms with van der Waals surface area (Å²) < 4.78 is 15.3. The Balaban J connectivity index is 2.08. The lowest BCUT2D eigenvalue weighted by Crippen LogP contribution is -2.32. The molecule has 1 aromatic carbocycles. The Morgan fingerprint density at radius 1 is 1.29 bits per heavy atom. The van der Waals surface area contributed by atoms with E-state index in [4.69, 9.17) is 14.1 Å². The van der Waals surface area contributed by atoms with Gasteiger partial charge in [0.25, 0.3) is 5.70 Å². The number of benzene rings is 1. The summed E-state index contributed by atoms with van der Waals surface area (Å²) in [6.45, 7) is 5.88. The predicted molar refractivity (Wildman–Crippen MR) is 97.5 cm³/mol. The highest BCUT2D eigenvalue weighted by Crippen LogP contribution is 2.40. The summed E-state index contributed by atoms with van der Waals surface area (Å²) in [5, 5.41) is 22.4. The molecule has 1 aromatic heterocycles. The average Bonchev–Trinajstić information content (AvgIpc) is 3.13. The molecule has 1 aliphatic rings. The van der Waals surface area contributed by atoms with Gasteiger partial charge in [-0.3, -0.25) is 10.1 Å². The van der Waals surface area contributed by atoms with Crippen LogP contribution in [-0.4, -0.2) is 41.0 Å². The number of ether oxygens (including phenoxy) is 2. The standard InChI is InChI=1S/C18H20N4O6/c1-4-26-8-9-27-18(23)14-10(2)19-11(3)17(22(24)25)15(14)12-6-5-7-13-16(12)21-28-20-13/h5-7,15,19H,4,8-9H2,1-3H3/t15-/m0/s1. The number of esters is 1. The van der Waals surface area contributed by atoms with Crippen molar-refractivity contribution in [2.24, 2.45) is 0 Å². The number of nitrogens with zero attached hydrogens (tertiary/aromatic N) is 3. The van der Waals surface area contributed by atoms with Crippen molar-refractivity contribution in [2.75, 3.05) is 19.8 Å². The number of carbonyl (C=O) groups excluding carboxylic acids is 1. The Bertz CT molecular complexity index is 977. The first kappa shape index (κ1) is 19.5. The minimum absolute atomic E-state index is 0.0440. The van der Waals surface area contributed by atoms with E-state index in [9.17, 15) is 14.9 Å². The molecule has 2 heterocycles. The quantitative estimate of drug-likeness (QED) is 0.328. The van der Waals surface area contributed by atoms with E-state index in [1.165, 1.54) is 0 Å². The fourth-order valence-electron chi connectivity index (χ4n) is 3.27. The maximum atomic E-state index is 12.8. The number of nitrogens with one attached hydrogen (secondary N) is 1. The summed E-state index contributed by atoms with van der Waals surface area (Å²) in [5.74, 6) is -1.64. The van der Waals surface area contributed by atoms with Crippen molar-refractivity contribution in [1.82, 2.24) is 15.6 Å². The van der Waals surface area contributed by atoms with Crippen LogP contribution >= 0.6 is 0 Å². The number of dihydropyridines is 1. The number of carbonyl (C=O) groups is 1. The summed E-state index contributed by atoms with van der Waals surface area (Å²) in [4.78, 5) is 24.2. The van der Waals surface area contributed by atoms with E-state index >= 15 is 0 Å². The fourth-order valence-corrected chi connectivity index (χ4v) is 3.27. The van der Waals surface area contributed by atoms with Crippen LogP contribution in [0, 0.1) is 10.1 Å². The largest absolute Gasteiger partial charge is 0.460 e. The maximum absolute atomic E-state index is 12.8. The number of hydrogen-bond donors (Lipinski definition) is 1. The number of fused-ring (bicyclic) bond motifs is 1. The number of allylic oxidation sites excluding steroid dienone is 3. The molecular formula is C18H20N4O6. The Kier molecular flexibility index (Phi) is 5.69. The first-order valence-electron chi connectivity index (χ1n) is 8.74. The first-order valence-corrected chi connectivity index (χ1v) is 8.74. The lowest BCUT2D eigenvalue weighted by Gasteiger charge is -2.26. The van der Waals surface area contributed by atoms with Crippen molar-refractivity contribution in [2.45, 2.75) is 26.7 Å².